The van der Waals surface area contributed by atoms with Crippen molar-refractivity contribution in [1.29, 1.82) is 0 Å². The Kier molecular flexibility index (Phi) is 8.17. The third-order valence-electron chi connectivity index (χ3n) is 7.33. The molecule has 0 radical (unpaired) electrons. The van der Waals surface area contributed by atoms with Crippen LogP contribution in [0.25, 0.3) is 22.2 Å². The van der Waals surface area contributed by atoms with Gasteiger partial charge in [-0.1, -0.05) is 19.9 Å². The monoisotopic (exact) mass is 463 g/mol. The number of aromatic nitrogens is 1. The maximum absolute atomic E-state index is 5.56. The fourth-order valence-corrected chi connectivity index (χ4v) is 5.51. The van der Waals surface area contributed by atoms with Crippen LogP contribution >= 0.6 is 0 Å². The predicted octanol–water partition coefficient (Wildman–Crippen LogP) is 5.89. The number of likely N-dealkylation sites (N-methyl/N-ethyl adjacent to an activating group) is 1. The van der Waals surface area contributed by atoms with E-state index in [1.165, 1.54) is 59.8 Å². The van der Waals surface area contributed by atoms with Crippen molar-refractivity contribution < 1.29 is 9.47 Å². The second-order valence-corrected chi connectivity index (χ2v) is 10.00. The van der Waals surface area contributed by atoms with Gasteiger partial charge < -0.3 is 25.1 Å². The minimum atomic E-state index is 0.409. The standard InChI is InChI=1S/C29H41N3O2/c1-19(2)28-24-17-21(16-20-6-10-23(11-7-20)31-15-14-30-3)8-12-25(24)32-29(28)22-9-13-26(33-4)27(18-22)34-5/h8-9,12-13,17-20,23,30-32H,6-7,10-11,14-16H2,1-5H3. The summed E-state index contributed by atoms with van der Waals surface area (Å²) in [7, 11) is 5.38. The lowest BCUT2D eigenvalue weighted by molar-refractivity contribution is 0.291. The highest BCUT2D eigenvalue weighted by atomic mass is 16.5. The summed E-state index contributed by atoms with van der Waals surface area (Å²) < 4.78 is 11.0. The SMILES string of the molecule is CNCCNC1CCC(Cc2ccc3[nH]c(-c4ccc(OC)c(OC)c4)c(C(C)C)c3c2)CC1. The summed E-state index contributed by atoms with van der Waals surface area (Å²) in [5, 5.41) is 8.27. The molecule has 5 nitrogen and oxygen atoms in total. The molecule has 1 heterocycles. The quantitative estimate of drug-likeness (QED) is 0.328. The summed E-state index contributed by atoms with van der Waals surface area (Å²) in [6.45, 7) is 6.67. The van der Waals surface area contributed by atoms with Gasteiger partial charge in [0.2, 0.25) is 0 Å². The number of nitrogens with one attached hydrogen (secondary N) is 3. The van der Waals surface area contributed by atoms with Gasteiger partial charge >= 0.3 is 0 Å². The number of aromatic amines is 1. The van der Waals surface area contributed by atoms with E-state index in [1.807, 2.05) is 13.1 Å². The second kappa shape index (κ2) is 11.3. The zero-order chi connectivity index (χ0) is 24.1. The van der Waals surface area contributed by atoms with Crippen LogP contribution in [0.5, 0.6) is 11.5 Å². The molecule has 184 valence electrons. The van der Waals surface area contributed by atoms with Crippen LogP contribution in [-0.2, 0) is 6.42 Å². The third-order valence-corrected chi connectivity index (χ3v) is 7.33. The molecule has 1 aliphatic carbocycles. The van der Waals surface area contributed by atoms with E-state index in [9.17, 15) is 0 Å². The molecular formula is C29H41N3O2. The second-order valence-electron chi connectivity index (χ2n) is 10.00. The largest absolute Gasteiger partial charge is 0.493 e. The number of hydrogen-bond acceptors (Lipinski definition) is 4. The molecule has 3 aromatic rings. The molecule has 1 fully saturated rings. The van der Waals surface area contributed by atoms with Gasteiger partial charge in [-0.15, -0.1) is 0 Å². The van der Waals surface area contributed by atoms with Gasteiger partial charge in [-0.3, -0.25) is 0 Å². The van der Waals surface area contributed by atoms with Crippen molar-refractivity contribution in [3.8, 4) is 22.8 Å². The summed E-state index contributed by atoms with van der Waals surface area (Å²) in [6.07, 6.45) is 6.39. The van der Waals surface area contributed by atoms with Gasteiger partial charge in [0.1, 0.15) is 0 Å². The summed E-state index contributed by atoms with van der Waals surface area (Å²) >= 11 is 0. The van der Waals surface area contributed by atoms with E-state index in [4.69, 9.17) is 9.47 Å². The van der Waals surface area contributed by atoms with E-state index in [1.54, 1.807) is 14.2 Å². The predicted molar refractivity (Wildman–Crippen MR) is 142 cm³/mol. The summed E-state index contributed by atoms with van der Waals surface area (Å²) in [5.41, 5.74) is 6.34. The van der Waals surface area contributed by atoms with Crippen LogP contribution in [0.1, 0.15) is 56.6 Å². The molecule has 4 rings (SSSR count). The Labute approximate surface area is 204 Å². The minimum absolute atomic E-state index is 0.409. The van der Waals surface area contributed by atoms with Gasteiger partial charge in [-0.05, 0) is 92.4 Å². The maximum Gasteiger partial charge on any atom is 0.161 e. The molecular weight excluding hydrogens is 422 g/mol. The molecule has 0 spiro atoms. The van der Waals surface area contributed by atoms with E-state index < -0.39 is 0 Å². The van der Waals surface area contributed by atoms with E-state index in [-0.39, 0.29) is 0 Å². The fourth-order valence-electron chi connectivity index (χ4n) is 5.51. The maximum atomic E-state index is 5.56. The number of rotatable bonds is 10. The Morgan fingerprint density at radius 1 is 0.941 bits per heavy atom. The average molecular weight is 464 g/mol. The molecule has 3 N–H and O–H groups in total. The molecule has 0 amide bonds. The molecule has 0 aliphatic heterocycles. The molecule has 1 aromatic heterocycles. The Bertz CT molecular complexity index is 1080. The Balaban J connectivity index is 1.55. The number of fused-ring (bicyclic) bond motifs is 1. The first-order valence-corrected chi connectivity index (χ1v) is 12.8. The molecule has 34 heavy (non-hydrogen) atoms. The van der Waals surface area contributed by atoms with Crippen LogP contribution in [0.3, 0.4) is 0 Å². The van der Waals surface area contributed by atoms with Crippen LogP contribution in [-0.4, -0.2) is 45.4 Å². The van der Waals surface area contributed by atoms with Gasteiger partial charge in [0.15, 0.2) is 11.5 Å². The van der Waals surface area contributed by atoms with Crippen molar-refractivity contribution in [2.24, 2.45) is 5.92 Å². The highest BCUT2D eigenvalue weighted by molar-refractivity contribution is 5.92. The zero-order valence-corrected chi connectivity index (χ0v) is 21.5. The van der Waals surface area contributed by atoms with Crippen molar-refractivity contribution in [3.63, 3.8) is 0 Å². The average Bonchev–Trinajstić information content (AvgIpc) is 3.24. The van der Waals surface area contributed by atoms with E-state index in [2.05, 4.69) is 59.8 Å². The Morgan fingerprint density at radius 2 is 1.71 bits per heavy atom. The molecule has 1 saturated carbocycles. The van der Waals surface area contributed by atoms with Crippen LogP contribution < -0.4 is 20.1 Å². The molecule has 0 atom stereocenters. The zero-order valence-electron chi connectivity index (χ0n) is 21.5. The Morgan fingerprint density at radius 3 is 2.38 bits per heavy atom. The fraction of sp³-hybridized carbons (Fsp3) is 0.517. The number of H-pyrrole nitrogens is 1. The lowest BCUT2D eigenvalue weighted by Gasteiger charge is -2.29. The summed E-state index contributed by atoms with van der Waals surface area (Å²) in [6, 6.07) is 13.9. The number of methoxy groups -OCH3 is 2. The van der Waals surface area contributed by atoms with Crippen molar-refractivity contribution in [1.82, 2.24) is 15.6 Å². The smallest absolute Gasteiger partial charge is 0.161 e. The van der Waals surface area contributed by atoms with Gasteiger partial charge in [-0.25, -0.2) is 0 Å². The van der Waals surface area contributed by atoms with Crippen molar-refractivity contribution in [3.05, 3.63) is 47.5 Å². The lowest BCUT2D eigenvalue weighted by atomic mass is 9.82. The molecule has 0 saturated heterocycles. The molecule has 0 unspecified atom stereocenters. The molecule has 1 aliphatic rings. The normalized spacial score (nSPS) is 18.5. The van der Waals surface area contributed by atoms with Crippen LogP contribution in [0.2, 0.25) is 0 Å². The van der Waals surface area contributed by atoms with E-state index in [0.29, 0.717) is 12.0 Å². The van der Waals surface area contributed by atoms with Crippen molar-refractivity contribution >= 4 is 10.9 Å². The summed E-state index contributed by atoms with van der Waals surface area (Å²) in [5.74, 6) is 2.70. The third kappa shape index (κ3) is 5.42. The Hall–Kier alpha value is -2.50. The molecule has 0 bridgehead atoms. The number of benzene rings is 2. The van der Waals surface area contributed by atoms with Crippen LogP contribution in [0.15, 0.2) is 36.4 Å². The van der Waals surface area contributed by atoms with Crippen LogP contribution in [0, 0.1) is 5.92 Å². The van der Waals surface area contributed by atoms with Gasteiger partial charge in [0, 0.05) is 35.6 Å². The van der Waals surface area contributed by atoms with Crippen LogP contribution in [0.4, 0.5) is 0 Å². The summed E-state index contributed by atoms with van der Waals surface area (Å²) in [4.78, 5) is 3.70. The highest BCUT2D eigenvalue weighted by Crippen LogP contribution is 2.39. The van der Waals surface area contributed by atoms with E-state index in [0.717, 1.165) is 36.1 Å². The lowest BCUT2D eigenvalue weighted by Crippen LogP contribution is -2.37. The minimum Gasteiger partial charge on any atom is -0.493 e. The van der Waals surface area contributed by atoms with Gasteiger partial charge in [0.25, 0.3) is 0 Å². The van der Waals surface area contributed by atoms with Crippen molar-refractivity contribution in [2.45, 2.75) is 57.9 Å². The molecule has 5 heteroatoms. The molecule has 2 aromatic carbocycles. The van der Waals surface area contributed by atoms with Gasteiger partial charge in [0.05, 0.1) is 19.9 Å². The topological polar surface area (TPSA) is 58.3 Å². The van der Waals surface area contributed by atoms with E-state index >= 15 is 0 Å². The number of ether oxygens (including phenoxy) is 2. The first-order valence-electron chi connectivity index (χ1n) is 12.8. The van der Waals surface area contributed by atoms with Crippen molar-refractivity contribution in [2.75, 3.05) is 34.4 Å². The van der Waals surface area contributed by atoms with Gasteiger partial charge in [-0.2, -0.15) is 0 Å². The first-order chi connectivity index (χ1) is 16.5. The highest BCUT2D eigenvalue weighted by Gasteiger charge is 2.22. The first kappa shape index (κ1) is 24.6. The number of hydrogen-bond donors (Lipinski definition) is 3.